The van der Waals surface area contributed by atoms with Crippen LogP contribution in [0.2, 0.25) is 0 Å². The van der Waals surface area contributed by atoms with Crippen LogP contribution in [0, 0.1) is 0 Å². The Morgan fingerprint density at radius 1 is 1.47 bits per heavy atom. The number of nitrogens with zero attached hydrogens (tertiary/aromatic N) is 4. The summed E-state index contributed by atoms with van der Waals surface area (Å²) < 4.78 is 9.96. The molecule has 1 atom stereocenters. The van der Waals surface area contributed by atoms with Gasteiger partial charge in [0.25, 0.3) is 0 Å². The fourth-order valence-corrected chi connectivity index (χ4v) is 2.10. The van der Waals surface area contributed by atoms with Gasteiger partial charge in [-0.25, -0.2) is 0 Å². The molecule has 0 spiro atoms. The van der Waals surface area contributed by atoms with Crippen molar-refractivity contribution in [2.24, 2.45) is 0 Å². The zero-order valence-corrected chi connectivity index (χ0v) is 11.6. The summed E-state index contributed by atoms with van der Waals surface area (Å²) in [6.07, 6.45) is 0.0348. The smallest absolute Gasteiger partial charge is 0.315 e. The maximum absolute atomic E-state index is 11.3. The highest BCUT2D eigenvalue weighted by Crippen LogP contribution is 2.20. The van der Waals surface area contributed by atoms with Gasteiger partial charge in [0.2, 0.25) is 5.89 Å². The Kier molecular flexibility index (Phi) is 4.49. The molecule has 1 saturated heterocycles. The molecule has 106 valence electrons. The number of aromatic nitrogens is 2. The van der Waals surface area contributed by atoms with Gasteiger partial charge in [0.15, 0.2) is 5.82 Å². The van der Waals surface area contributed by atoms with E-state index < -0.39 is 0 Å². The summed E-state index contributed by atoms with van der Waals surface area (Å²) in [4.78, 5) is 20.1. The molecule has 1 aliphatic heterocycles. The third kappa shape index (κ3) is 3.51. The number of esters is 1. The lowest BCUT2D eigenvalue weighted by molar-refractivity contribution is -0.142. The molecule has 0 aliphatic carbocycles. The highest BCUT2D eigenvalue weighted by molar-refractivity contribution is 5.71. The first kappa shape index (κ1) is 14.0. The Bertz CT molecular complexity index is 434. The van der Waals surface area contributed by atoms with Gasteiger partial charge < -0.3 is 14.2 Å². The molecule has 7 heteroatoms. The zero-order chi connectivity index (χ0) is 13.8. The van der Waals surface area contributed by atoms with Crippen molar-refractivity contribution in [1.29, 1.82) is 0 Å². The molecular formula is C12H20N4O3. The average Bonchev–Trinajstić information content (AvgIpc) is 2.81. The molecule has 0 aromatic carbocycles. The van der Waals surface area contributed by atoms with Gasteiger partial charge in [-0.2, -0.15) is 4.98 Å². The highest BCUT2D eigenvalue weighted by Gasteiger charge is 2.28. The summed E-state index contributed by atoms with van der Waals surface area (Å²) in [6.45, 7) is 4.97. The Morgan fingerprint density at radius 3 is 3.00 bits per heavy atom. The summed E-state index contributed by atoms with van der Waals surface area (Å²) in [5.41, 5.74) is 0. The number of rotatable bonds is 4. The van der Waals surface area contributed by atoms with E-state index in [1.54, 1.807) is 6.92 Å². The predicted octanol–water partition coefficient (Wildman–Crippen LogP) is 0.0935. The lowest BCUT2D eigenvalue weighted by atomic mass is 10.2. The van der Waals surface area contributed by atoms with Crippen molar-refractivity contribution in [2.75, 3.05) is 40.3 Å². The minimum absolute atomic E-state index is 0.0348. The maximum atomic E-state index is 11.3. The fraction of sp³-hybridized carbons (Fsp3) is 0.750. The van der Waals surface area contributed by atoms with Crippen LogP contribution in [0.15, 0.2) is 4.52 Å². The second-order valence-corrected chi connectivity index (χ2v) is 4.79. The van der Waals surface area contributed by atoms with Crippen LogP contribution in [0.3, 0.4) is 0 Å². The summed E-state index contributed by atoms with van der Waals surface area (Å²) >= 11 is 0. The van der Waals surface area contributed by atoms with Gasteiger partial charge in [0.1, 0.15) is 6.42 Å². The molecule has 1 fully saturated rings. The van der Waals surface area contributed by atoms with Crippen molar-refractivity contribution in [2.45, 2.75) is 19.4 Å². The first-order valence-corrected chi connectivity index (χ1v) is 6.47. The molecule has 1 aromatic rings. The predicted molar refractivity (Wildman–Crippen MR) is 67.5 cm³/mol. The average molecular weight is 268 g/mol. The molecular weight excluding hydrogens is 248 g/mol. The third-order valence-corrected chi connectivity index (χ3v) is 3.23. The van der Waals surface area contributed by atoms with Crippen molar-refractivity contribution >= 4 is 5.97 Å². The van der Waals surface area contributed by atoms with Crippen molar-refractivity contribution in [3.05, 3.63) is 11.7 Å². The monoisotopic (exact) mass is 268 g/mol. The van der Waals surface area contributed by atoms with E-state index in [1.807, 2.05) is 7.05 Å². The molecule has 7 nitrogen and oxygen atoms in total. The van der Waals surface area contributed by atoms with Crippen molar-refractivity contribution < 1.29 is 14.1 Å². The molecule has 1 aliphatic rings. The van der Waals surface area contributed by atoms with Gasteiger partial charge in [-0.05, 0) is 21.0 Å². The van der Waals surface area contributed by atoms with E-state index in [0.29, 0.717) is 18.3 Å². The van der Waals surface area contributed by atoms with Crippen LogP contribution in [0.4, 0.5) is 0 Å². The lowest BCUT2D eigenvalue weighted by Crippen LogP contribution is -2.45. The van der Waals surface area contributed by atoms with E-state index in [-0.39, 0.29) is 18.4 Å². The van der Waals surface area contributed by atoms with Gasteiger partial charge in [-0.3, -0.25) is 9.69 Å². The topological polar surface area (TPSA) is 71.7 Å². The van der Waals surface area contributed by atoms with Crippen molar-refractivity contribution in [1.82, 2.24) is 19.9 Å². The quantitative estimate of drug-likeness (QED) is 0.717. The van der Waals surface area contributed by atoms with Gasteiger partial charge >= 0.3 is 5.97 Å². The minimum atomic E-state index is -0.341. The fourth-order valence-electron chi connectivity index (χ4n) is 2.10. The van der Waals surface area contributed by atoms with Crippen LogP contribution in [0.25, 0.3) is 0 Å². The largest absolute Gasteiger partial charge is 0.466 e. The second-order valence-electron chi connectivity index (χ2n) is 4.79. The second kappa shape index (κ2) is 6.12. The van der Waals surface area contributed by atoms with E-state index >= 15 is 0 Å². The molecule has 0 amide bonds. The van der Waals surface area contributed by atoms with Crippen LogP contribution in [0.5, 0.6) is 0 Å². The van der Waals surface area contributed by atoms with E-state index in [9.17, 15) is 4.79 Å². The SMILES string of the molecule is CCOC(=O)Cc1nc(C2CN(C)CCN2C)no1. The Hall–Kier alpha value is -1.47. The van der Waals surface area contributed by atoms with Crippen LogP contribution in [0.1, 0.15) is 24.7 Å². The number of ether oxygens (including phenoxy) is 1. The van der Waals surface area contributed by atoms with E-state index in [1.165, 1.54) is 0 Å². The van der Waals surface area contributed by atoms with Gasteiger partial charge in [0, 0.05) is 19.6 Å². The minimum Gasteiger partial charge on any atom is -0.466 e. The van der Waals surface area contributed by atoms with Crippen molar-refractivity contribution in [3.8, 4) is 0 Å². The van der Waals surface area contributed by atoms with E-state index in [4.69, 9.17) is 9.26 Å². The standard InChI is InChI=1S/C12H20N4O3/c1-4-18-11(17)7-10-13-12(14-19-10)9-8-15(2)5-6-16(9)3/h9H,4-8H2,1-3H3. The molecule has 19 heavy (non-hydrogen) atoms. The molecule has 0 radical (unpaired) electrons. The molecule has 0 bridgehead atoms. The summed E-state index contributed by atoms with van der Waals surface area (Å²) in [7, 11) is 4.11. The van der Waals surface area contributed by atoms with Crippen molar-refractivity contribution in [3.63, 3.8) is 0 Å². The maximum Gasteiger partial charge on any atom is 0.315 e. The Balaban J connectivity index is 2.01. The van der Waals surface area contributed by atoms with Crippen LogP contribution in [-0.2, 0) is 16.0 Å². The third-order valence-electron chi connectivity index (χ3n) is 3.23. The molecule has 0 saturated carbocycles. The molecule has 1 aromatic heterocycles. The number of carbonyl (C=O) groups is 1. The molecule has 0 N–H and O–H groups in total. The van der Waals surface area contributed by atoms with Gasteiger partial charge in [-0.15, -0.1) is 0 Å². The van der Waals surface area contributed by atoms with Crippen LogP contribution < -0.4 is 0 Å². The van der Waals surface area contributed by atoms with E-state index in [0.717, 1.165) is 19.6 Å². The number of hydrogen-bond acceptors (Lipinski definition) is 7. The Morgan fingerprint density at radius 2 is 2.26 bits per heavy atom. The number of likely N-dealkylation sites (N-methyl/N-ethyl adjacent to an activating group) is 2. The Labute approximate surface area is 112 Å². The normalized spacial score (nSPS) is 21.5. The number of carbonyl (C=O) groups excluding carboxylic acids is 1. The number of hydrogen-bond donors (Lipinski definition) is 0. The zero-order valence-electron chi connectivity index (χ0n) is 11.6. The first-order chi connectivity index (χ1) is 9.10. The first-order valence-electron chi connectivity index (χ1n) is 6.47. The lowest BCUT2D eigenvalue weighted by Gasteiger charge is -2.35. The summed E-state index contributed by atoms with van der Waals surface area (Å²) in [5, 5.41) is 3.98. The van der Waals surface area contributed by atoms with Gasteiger partial charge in [-0.1, -0.05) is 5.16 Å². The summed E-state index contributed by atoms with van der Waals surface area (Å²) in [6, 6.07) is 0.110. The van der Waals surface area contributed by atoms with E-state index in [2.05, 4.69) is 27.0 Å². The van der Waals surface area contributed by atoms with Crippen LogP contribution >= 0.6 is 0 Å². The summed E-state index contributed by atoms with van der Waals surface area (Å²) in [5.74, 6) is 0.607. The molecule has 2 rings (SSSR count). The highest BCUT2D eigenvalue weighted by atomic mass is 16.5. The number of piperazine rings is 1. The van der Waals surface area contributed by atoms with Crippen LogP contribution in [-0.4, -0.2) is 66.2 Å². The molecule has 2 heterocycles. The molecule has 1 unspecified atom stereocenters. The van der Waals surface area contributed by atoms with Gasteiger partial charge in [0.05, 0.1) is 12.6 Å².